The van der Waals surface area contributed by atoms with Crippen molar-refractivity contribution in [1.82, 2.24) is 4.57 Å². The van der Waals surface area contributed by atoms with Gasteiger partial charge in [-0.1, -0.05) is 0 Å². The van der Waals surface area contributed by atoms with Crippen molar-refractivity contribution in [2.24, 2.45) is 12.8 Å². The smallest absolute Gasteiger partial charge is 0.272 e. The van der Waals surface area contributed by atoms with Crippen molar-refractivity contribution >= 4 is 23.2 Å². The molecule has 1 saturated heterocycles. The van der Waals surface area contributed by atoms with Gasteiger partial charge in [0.15, 0.2) is 0 Å². The molecule has 2 aromatic rings. The average Bonchev–Trinajstić information content (AvgIpc) is 3.01. The molecule has 1 fully saturated rings. The maximum absolute atomic E-state index is 12.5. The Morgan fingerprint density at radius 2 is 1.88 bits per heavy atom. The lowest BCUT2D eigenvalue weighted by Gasteiger charge is -2.30. The number of primary amides is 1. The first-order chi connectivity index (χ1) is 11.6. The molecule has 1 aromatic heterocycles. The molecule has 2 heterocycles. The first-order valence-electron chi connectivity index (χ1n) is 8.18. The number of amides is 2. The Balaban J connectivity index is 1.93. The van der Waals surface area contributed by atoms with Crippen molar-refractivity contribution in [3.05, 3.63) is 47.8 Å². The van der Waals surface area contributed by atoms with Crippen LogP contribution in [0.15, 0.2) is 36.5 Å². The predicted molar refractivity (Wildman–Crippen MR) is 94.4 cm³/mol. The standard InChI is InChI=1S/C18H22N4O2/c1-21-9-5-6-16(21)18(24)20-14-12-13(17(19)23)7-8-15(14)22-10-3-2-4-11-22/h5-9,12H,2-4,10-11H2,1H3,(H2,19,23)(H,20,24). The van der Waals surface area contributed by atoms with E-state index in [4.69, 9.17) is 5.73 Å². The molecule has 24 heavy (non-hydrogen) atoms. The highest BCUT2D eigenvalue weighted by atomic mass is 16.2. The van der Waals surface area contributed by atoms with E-state index in [1.165, 1.54) is 6.42 Å². The van der Waals surface area contributed by atoms with Crippen LogP contribution >= 0.6 is 0 Å². The minimum atomic E-state index is -0.505. The summed E-state index contributed by atoms with van der Waals surface area (Å²) in [6.45, 7) is 1.89. The van der Waals surface area contributed by atoms with Crippen molar-refractivity contribution in [1.29, 1.82) is 0 Å². The second-order valence-corrected chi connectivity index (χ2v) is 6.10. The second-order valence-electron chi connectivity index (χ2n) is 6.10. The van der Waals surface area contributed by atoms with Gasteiger partial charge in [-0.15, -0.1) is 0 Å². The van der Waals surface area contributed by atoms with Crippen LogP contribution < -0.4 is 16.0 Å². The largest absolute Gasteiger partial charge is 0.370 e. The van der Waals surface area contributed by atoms with E-state index in [1.54, 1.807) is 22.8 Å². The number of hydrogen-bond acceptors (Lipinski definition) is 3. The van der Waals surface area contributed by atoms with Gasteiger partial charge in [-0.05, 0) is 49.6 Å². The number of nitrogens with one attached hydrogen (secondary N) is 1. The quantitative estimate of drug-likeness (QED) is 0.905. The summed E-state index contributed by atoms with van der Waals surface area (Å²) in [6, 6.07) is 8.82. The number of benzene rings is 1. The average molecular weight is 326 g/mol. The highest BCUT2D eigenvalue weighted by molar-refractivity contribution is 6.06. The Bertz CT molecular complexity index is 760. The first kappa shape index (κ1) is 16.1. The van der Waals surface area contributed by atoms with Crippen LogP contribution in [0.3, 0.4) is 0 Å². The van der Waals surface area contributed by atoms with E-state index >= 15 is 0 Å². The van der Waals surface area contributed by atoms with Crippen LogP contribution in [0.2, 0.25) is 0 Å². The number of carbonyl (C=O) groups excluding carboxylic acids is 2. The highest BCUT2D eigenvalue weighted by Crippen LogP contribution is 2.30. The number of piperidine rings is 1. The molecule has 3 rings (SSSR count). The van der Waals surface area contributed by atoms with Crippen LogP contribution in [-0.4, -0.2) is 29.5 Å². The maximum atomic E-state index is 12.5. The van der Waals surface area contributed by atoms with E-state index < -0.39 is 5.91 Å². The van der Waals surface area contributed by atoms with Crippen LogP contribution in [0.5, 0.6) is 0 Å². The van der Waals surface area contributed by atoms with Gasteiger partial charge in [-0.3, -0.25) is 9.59 Å². The van der Waals surface area contributed by atoms with Gasteiger partial charge in [0.05, 0.1) is 11.4 Å². The number of hydrogen-bond donors (Lipinski definition) is 2. The van der Waals surface area contributed by atoms with Crippen LogP contribution in [0.25, 0.3) is 0 Å². The number of aromatic nitrogens is 1. The summed E-state index contributed by atoms with van der Waals surface area (Å²) in [7, 11) is 1.82. The molecule has 6 nitrogen and oxygen atoms in total. The van der Waals surface area contributed by atoms with Crippen molar-refractivity contribution in [3.63, 3.8) is 0 Å². The number of nitrogens with zero attached hydrogens (tertiary/aromatic N) is 2. The monoisotopic (exact) mass is 326 g/mol. The summed E-state index contributed by atoms with van der Waals surface area (Å²) in [5.74, 6) is -0.711. The van der Waals surface area contributed by atoms with Crippen molar-refractivity contribution < 1.29 is 9.59 Å². The minimum Gasteiger partial charge on any atom is -0.370 e. The number of carbonyl (C=O) groups is 2. The molecule has 0 saturated carbocycles. The van der Waals surface area contributed by atoms with Gasteiger partial charge in [0.1, 0.15) is 5.69 Å². The number of aryl methyl sites for hydroxylation is 1. The van der Waals surface area contributed by atoms with Crippen LogP contribution in [0.4, 0.5) is 11.4 Å². The number of rotatable bonds is 4. The molecule has 0 radical (unpaired) electrons. The summed E-state index contributed by atoms with van der Waals surface area (Å²) in [6.07, 6.45) is 5.30. The minimum absolute atomic E-state index is 0.206. The summed E-state index contributed by atoms with van der Waals surface area (Å²) >= 11 is 0. The third-order valence-electron chi connectivity index (χ3n) is 4.40. The molecule has 0 bridgehead atoms. The summed E-state index contributed by atoms with van der Waals surface area (Å²) in [4.78, 5) is 26.3. The molecular weight excluding hydrogens is 304 g/mol. The Morgan fingerprint density at radius 1 is 1.12 bits per heavy atom. The van der Waals surface area contributed by atoms with Crippen molar-refractivity contribution in [2.75, 3.05) is 23.3 Å². The first-order valence-corrected chi connectivity index (χ1v) is 8.18. The molecular formula is C18H22N4O2. The normalized spacial score (nSPS) is 14.5. The van der Waals surface area contributed by atoms with Gasteiger partial charge in [0, 0.05) is 31.9 Å². The van der Waals surface area contributed by atoms with Crippen molar-refractivity contribution in [3.8, 4) is 0 Å². The molecule has 126 valence electrons. The van der Waals surface area contributed by atoms with Gasteiger partial charge in [0.25, 0.3) is 5.91 Å². The summed E-state index contributed by atoms with van der Waals surface area (Å²) < 4.78 is 1.76. The highest BCUT2D eigenvalue weighted by Gasteiger charge is 2.18. The van der Waals surface area contributed by atoms with E-state index in [2.05, 4.69) is 10.2 Å². The summed E-state index contributed by atoms with van der Waals surface area (Å²) in [5.41, 5.74) is 7.89. The molecule has 2 amide bonds. The van der Waals surface area contributed by atoms with E-state index in [0.717, 1.165) is 31.6 Å². The van der Waals surface area contributed by atoms with E-state index in [9.17, 15) is 9.59 Å². The lowest BCUT2D eigenvalue weighted by atomic mass is 10.1. The zero-order valence-electron chi connectivity index (χ0n) is 13.8. The lowest BCUT2D eigenvalue weighted by Crippen LogP contribution is -2.30. The van der Waals surface area contributed by atoms with Crippen LogP contribution in [0.1, 0.15) is 40.1 Å². The van der Waals surface area contributed by atoms with Gasteiger partial charge in [-0.2, -0.15) is 0 Å². The molecule has 0 aliphatic carbocycles. The lowest BCUT2D eigenvalue weighted by molar-refractivity contribution is 0.0995. The van der Waals surface area contributed by atoms with Gasteiger partial charge in [0.2, 0.25) is 5.91 Å². The SMILES string of the molecule is Cn1cccc1C(=O)Nc1cc(C(N)=O)ccc1N1CCCCC1. The van der Waals surface area contributed by atoms with Crippen LogP contribution in [0, 0.1) is 0 Å². The van der Waals surface area contributed by atoms with Gasteiger partial charge < -0.3 is 20.5 Å². The topological polar surface area (TPSA) is 80.4 Å². The Labute approximate surface area is 141 Å². The molecule has 3 N–H and O–H groups in total. The molecule has 1 aliphatic rings. The fourth-order valence-corrected chi connectivity index (χ4v) is 3.08. The van der Waals surface area contributed by atoms with Gasteiger partial charge in [-0.25, -0.2) is 0 Å². The molecule has 0 unspecified atom stereocenters. The molecule has 0 atom stereocenters. The number of anilines is 2. The number of nitrogens with two attached hydrogens (primary N) is 1. The third-order valence-corrected chi connectivity index (χ3v) is 4.40. The fourth-order valence-electron chi connectivity index (χ4n) is 3.08. The molecule has 1 aromatic carbocycles. The second kappa shape index (κ2) is 6.78. The van der Waals surface area contributed by atoms with Crippen molar-refractivity contribution in [2.45, 2.75) is 19.3 Å². The zero-order valence-corrected chi connectivity index (χ0v) is 13.8. The fraction of sp³-hybridized carbons (Fsp3) is 0.333. The summed E-state index contributed by atoms with van der Waals surface area (Å²) in [5, 5.41) is 2.94. The Kier molecular flexibility index (Phi) is 4.55. The molecule has 6 heteroatoms. The van der Waals surface area contributed by atoms with Crippen LogP contribution in [-0.2, 0) is 7.05 Å². The third kappa shape index (κ3) is 3.27. The molecule has 1 aliphatic heterocycles. The van der Waals surface area contributed by atoms with Gasteiger partial charge >= 0.3 is 0 Å². The van der Waals surface area contributed by atoms with E-state index in [1.807, 2.05) is 25.4 Å². The van der Waals surface area contributed by atoms with E-state index in [0.29, 0.717) is 16.9 Å². The maximum Gasteiger partial charge on any atom is 0.272 e. The Hall–Kier alpha value is -2.76. The zero-order chi connectivity index (χ0) is 17.1. The molecule has 0 spiro atoms. The predicted octanol–water partition coefficient (Wildman–Crippen LogP) is 2.37. The van der Waals surface area contributed by atoms with E-state index in [-0.39, 0.29) is 5.91 Å². The Morgan fingerprint density at radius 3 is 2.50 bits per heavy atom.